The van der Waals surface area contributed by atoms with Gasteiger partial charge in [-0.2, -0.15) is 0 Å². The Morgan fingerprint density at radius 3 is 2.73 bits per heavy atom. The van der Waals surface area contributed by atoms with Crippen LogP contribution >= 0.6 is 0 Å². The number of phenols is 1. The molecule has 140 valence electrons. The summed E-state index contributed by atoms with van der Waals surface area (Å²) in [6.07, 6.45) is 3.60. The molecule has 1 unspecified atom stereocenters. The highest BCUT2D eigenvalue weighted by Crippen LogP contribution is 2.27. The molecule has 2 aromatic rings. The van der Waals surface area contributed by atoms with Crippen LogP contribution in [0.5, 0.6) is 11.5 Å². The zero-order valence-corrected chi connectivity index (χ0v) is 15.9. The maximum absolute atomic E-state index is 9.76. The Hall–Kier alpha value is -2.04. The summed E-state index contributed by atoms with van der Waals surface area (Å²) >= 11 is 0. The summed E-state index contributed by atoms with van der Waals surface area (Å²) in [5, 5.41) is 9.76. The molecule has 1 atom stereocenters. The number of rotatable bonds is 7. The van der Waals surface area contributed by atoms with E-state index in [1.165, 1.54) is 24.0 Å². The third-order valence-electron chi connectivity index (χ3n) is 5.35. The number of hydrogen-bond acceptors (Lipinski definition) is 4. The minimum atomic E-state index is 0.202. The van der Waals surface area contributed by atoms with Gasteiger partial charge in [0.15, 0.2) is 11.5 Å². The van der Waals surface area contributed by atoms with Crippen LogP contribution in [0.4, 0.5) is 0 Å². The van der Waals surface area contributed by atoms with E-state index in [2.05, 4.69) is 47.2 Å². The van der Waals surface area contributed by atoms with Crippen LogP contribution in [-0.4, -0.2) is 54.7 Å². The monoisotopic (exact) mass is 354 g/mol. The number of aromatic hydroxyl groups is 1. The van der Waals surface area contributed by atoms with Gasteiger partial charge < -0.3 is 14.7 Å². The second kappa shape index (κ2) is 9.06. The van der Waals surface area contributed by atoms with E-state index in [9.17, 15) is 5.11 Å². The molecule has 0 aliphatic carbocycles. The molecule has 4 heteroatoms. The minimum absolute atomic E-state index is 0.202. The predicted octanol–water partition coefficient (Wildman–Crippen LogP) is 3.54. The molecule has 4 nitrogen and oxygen atoms in total. The molecule has 1 aliphatic rings. The second-order valence-corrected chi connectivity index (χ2v) is 7.25. The lowest BCUT2D eigenvalue weighted by molar-refractivity contribution is 0.112. The zero-order chi connectivity index (χ0) is 18.4. The highest BCUT2D eigenvalue weighted by Gasteiger charge is 2.23. The van der Waals surface area contributed by atoms with Gasteiger partial charge in [-0.1, -0.05) is 36.4 Å². The van der Waals surface area contributed by atoms with Gasteiger partial charge in [0.2, 0.25) is 0 Å². The normalized spacial score (nSPS) is 18.2. The number of nitrogens with zero attached hydrogens (tertiary/aromatic N) is 2. The molecule has 3 rings (SSSR count). The van der Waals surface area contributed by atoms with Gasteiger partial charge in [-0.15, -0.1) is 0 Å². The molecule has 1 aliphatic heterocycles. The standard InChI is InChI=1S/C22H30N2O2/c1-23(14-12-18-7-4-3-5-8-18)20-9-6-13-24(17-20)16-19-10-11-21(25)22(15-19)26-2/h3-5,7-8,10-11,15,20,25H,6,9,12-14,16-17H2,1-2H3. The number of methoxy groups -OCH3 is 1. The van der Waals surface area contributed by atoms with Crippen molar-refractivity contribution in [2.24, 2.45) is 0 Å². The van der Waals surface area contributed by atoms with E-state index < -0.39 is 0 Å². The van der Waals surface area contributed by atoms with Crippen LogP contribution in [-0.2, 0) is 13.0 Å². The first-order chi connectivity index (χ1) is 12.7. The molecular weight excluding hydrogens is 324 g/mol. The first-order valence-electron chi connectivity index (χ1n) is 9.48. The fourth-order valence-corrected chi connectivity index (χ4v) is 3.75. The van der Waals surface area contributed by atoms with Crippen molar-refractivity contribution in [2.45, 2.75) is 31.8 Å². The van der Waals surface area contributed by atoms with Crippen molar-refractivity contribution in [2.75, 3.05) is 33.8 Å². The third kappa shape index (κ3) is 4.99. The van der Waals surface area contributed by atoms with Crippen molar-refractivity contribution in [1.82, 2.24) is 9.80 Å². The Morgan fingerprint density at radius 1 is 1.15 bits per heavy atom. The van der Waals surface area contributed by atoms with Crippen molar-refractivity contribution in [1.29, 1.82) is 0 Å². The van der Waals surface area contributed by atoms with Crippen LogP contribution in [0.3, 0.4) is 0 Å². The van der Waals surface area contributed by atoms with Crippen LogP contribution in [0.2, 0.25) is 0 Å². The van der Waals surface area contributed by atoms with Crippen LogP contribution in [0, 0.1) is 0 Å². The summed E-state index contributed by atoms with van der Waals surface area (Å²) in [6, 6.07) is 17.0. The molecule has 0 spiro atoms. The number of likely N-dealkylation sites (N-methyl/N-ethyl adjacent to an activating group) is 1. The van der Waals surface area contributed by atoms with Gasteiger partial charge in [0, 0.05) is 25.7 Å². The molecule has 1 heterocycles. The quantitative estimate of drug-likeness (QED) is 0.825. The lowest BCUT2D eigenvalue weighted by Gasteiger charge is -2.37. The van der Waals surface area contributed by atoms with E-state index in [0.29, 0.717) is 11.8 Å². The van der Waals surface area contributed by atoms with Crippen molar-refractivity contribution < 1.29 is 9.84 Å². The Morgan fingerprint density at radius 2 is 1.96 bits per heavy atom. The molecule has 1 fully saturated rings. The summed E-state index contributed by atoms with van der Waals surface area (Å²) in [4.78, 5) is 5.02. The smallest absolute Gasteiger partial charge is 0.160 e. The SMILES string of the molecule is COc1cc(CN2CCCC(N(C)CCc3ccccc3)C2)ccc1O. The molecular formula is C22H30N2O2. The molecule has 0 radical (unpaired) electrons. The van der Waals surface area contributed by atoms with Crippen molar-refractivity contribution in [3.8, 4) is 11.5 Å². The number of hydrogen-bond donors (Lipinski definition) is 1. The van der Waals surface area contributed by atoms with Crippen LogP contribution in [0.15, 0.2) is 48.5 Å². The third-order valence-corrected chi connectivity index (χ3v) is 5.35. The second-order valence-electron chi connectivity index (χ2n) is 7.25. The first kappa shape index (κ1) is 18.7. The largest absolute Gasteiger partial charge is 0.504 e. The molecule has 0 saturated carbocycles. The van der Waals surface area contributed by atoms with Crippen LogP contribution < -0.4 is 4.74 Å². The number of likely N-dealkylation sites (tertiary alicyclic amines) is 1. The van der Waals surface area contributed by atoms with E-state index in [-0.39, 0.29) is 5.75 Å². The Balaban J connectivity index is 1.53. The highest BCUT2D eigenvalue weighted by molar-refractivity contribution is 5.41. The minimum Gasteiger partial charge on any atom is -0.504 e. The van der Waals surface area contributed by atoms with Gasteiger partial charge in [0.1, 0.15) is 0 Å². The number of phenolic OH excluding ortho intramolecular Hbond substituents is 1. The van der Waals surface area contributed by atoms with E-state index in [1.54, 1.807) is 13.2 Å². The fourth-order valence-electron chi connectivity index (χ4n) is 3.75. The maximum Gasteiger partial charge on any atom is 0.160 e. The van der Waals surface area contributed by atoms with Gasteiger partial charge >= 0.3 is 0 Å². The summed E-state index contributed by atoms with van der Waals surface area (Å²) in [5.74, 6) is 0.754. The summed E-state index contributed by atoms with van der Waals surface area (Å²) < 4.78 is 5.23. The van der Waals surface area contributed by atoms with Crippen LogP contribution in [0.1, 0.15) is 24.0 Å². The summed E-state index contributed by atoms with van der Waals surface area (Å²) in [5.41, 5.74) is 2.59. The Kier molecular flexibility index (Phi) is 6.53. The molecule has 26 heavy (non-hydrogen) atoms. The van der Waals surface area contributed by atoms with Gasteiger partial charge in [0.25, 0.3) is 0 Å². The fraction of sp³-hybridized carbons (Fsp3) is 0.455. The van der Waals surface area contributed by atoms with E-state index in [1.807, 2.05) is 12.1 Å². The Bertz CT molecular complexity index is 690. The molecule has 1 N–H and O–H groups in total. The maximum atomic E-state index is 9.76. The molecule has 2 aromatic carbocycles. The van der Waals surface area contributed by atoms with Crippen molar-refractivity contribution in [3.05, 3.63) is 59.7 Å². The van der Waals surface area contributed by atoms with E-state index in [0.717, 1.165) is 32.6 Å². The molecule has 0 amide bonds. The van der Waals surface area contributed by atoms with E-state index >= 15 is 0 Å². The summed E-state index contributed by atoms with van der Waals surface area (Å²) in [6.45, 7) is 4.22. The van der Waals surface area contributed by atoms with Gasteiger partial charge in [-0.25, -0.2) is 0 Å². The van der Waals surface area contributed by atoms with Crippen molar-refractivity contribution >= 4 is 0 Å². The average Bonchev–Trinajstić information content (AvgIpc) is 2.68. The molecule has 1 saturated heterocycles. The average molecular weight is 354 g/mol. The van der Waals surface area contributed by atoms with Crippen LogP contribution in [0.25, 0.3) is 0 Å². The number of ether oxygens (including phenoxy) is 1. The van der Waals surface area contributed by atoms with E-state index in [4.69, 9.17) is 4.74 Å². The zero-order valence-electron chi connectivity index (χ0n) is 15.9. The number of piperidine rings is 1. The topological polar surface area (TPSA) is 35.9 Å². The van der Waals surface area contributed by atoms with Gasteiger partial charge in [0.05, 0.1) is 7.11 Å². The summed E-state index contributed by atoms with van der Waals surface area (Å²) in [7, 11) is 3.85. The number of benzene rings is 2. The van der Waals surface area contributed by atoms with Crippen molar-refractivity contribution in [3.63, 3.8) is 0 Å². The molecule has 0 aromatic heterocycles. The van der Waals surface area contributed by atoms with Gasteiger partial charge in [-0.3, -0.25) is 4.90 Å². The lowest BCUT2D eigenvalue weighted by atomic mass is 10.0. The van der Waals surface area contributed by atoms with Gasteiger partial charge in [-0.05, 0) is 56.1 Å². The first-order valence-corrected chi connectivity index (χ1v) is 9.48. The predicted molar refractivity (Wildman–Crippen MR) is 106 cm³/mol. The molecule has 0 bridgehead atoms. The Labute approximate surface area is 157 Å². The lowest BCUT2D eigenvalue weighted by Crippen LogP contribution is -2.46. The highest BCUT2D eigenvalue weighted by atomic mass is 16.5.